The normalized spacial score (nSPS) is 12.2. The first-order chi connectivity index (χ1) is 21.0. The number of aliphatic carboxylic acids is 2. The number of anilines is 2. The van der Waals surface area contributed by atoms with Gasteiger partial charge in [0.25, 0.3) is 0 Å². The van der Waals surface area contributed by atoms with E-state index in [1.54, 1.807) is 36.4 Å². The summed E-state index contributed by atoms with van der Waals surface area (Å²) in [7, 11) is -3.00. The minimum atomic E-state index is -4.23. The smallest absolute Gasteiger partial charge is 0.323 e. The number of aromatic nitrogens is 2. The molecule has 0 aliphatic rings. The zero-order valence-corrected chi connectivity index (χ0v) is 25.8. The molecule has 10 nitrogen and oxygen atoms in total. The van der Waals surface area contributed by atoms with Crippen LogP contribution in [0.25, 0.3) is 22.2 Å². The molecule has 5 aromatic rings. The zero-order chi connectivity index (χ0) is 31.4. The maximum Gasteiger partial charge on any atom is 0.323 e. The van der Waals surface area contributed by atoms with Crippen molar-refractivity contribution in [3.8, 4) is 11.3 Å². The van der Waals surface area contributed by atoms with Gasteiger partial charge in [0.15, 0.2) is 0 Å². The van der Waals surface area contributed by atoms with Gasteiger partial charge in [-0.25, -0.2) is 18.4 Å². The second-order valence-corrected chi connectivity index (χ2v) is 12.9. The first kappa shape index (κ1) is 30.8. The maximum absolute atomic E-state index is 13.5. The number of carboxylic acid groups (broad SMARTS) is 2. The Bertz CT molecular complexity index is 1920. The molecular weight excluding hydrogens is 648 g/mol. The molecule has 12 heteroatoms. The van der Waals surface area contributed by atoms with Crippen LogP contribution in [0.5, 0.6) is 0 Å². The van der Waals surface area contributed by atoms with Gasteiger partial charge in [0.2, 0.25) is 16.0 Å². The summed E-state index contributed by atoms with van der Waals surface area (Å²) in [6, 6.07) is 27.9. The van der Waals surface area contributed by atoms with Gasteiger partial charge in [-0.15, -0.1) is 0 Å². The van der Waals surface area contributed by atoms with Crippen molar-refractivity contribution < 1.29 is 28.2 Å². The van der Waals surface area contributed by atoms with E-state index in [2.05, 4.69) is 20.9 Å². The lowest BCUT2D eigenvalue weighted by Crippen LogP contribution is -2.43. The van der Waals surface area contributed by atoms with Crippen molar-refractivity contribution in [1.82, 2.24) is 14.3 Å². The van der Waals surface area contributed by atoms with Gasteiger partial charge < -0.3 is 10.2 Å². The number of carboxylic acids is 2. The number of sulfonamides is 1. The molecule has 0 unspecified atom stereocenters. The molecule has 4 aromatic carbocycles. The quantitative estimate of drug-likeness (QED) is 0.183. The SMILES string of the molecule is CN([C@@H](Cc1ccccc1)C(=O)O)S(=O)(=O)c1ccc(N(CC(=O)O)c2nc(-c3ccccc3)c3cc(Br)ccc3n2)cc1. The van der Waals surface area contributed by atoms with Gasteiger partial charge in [-0.05, 0) is 54.4 Å². The van der Waals surface area contributed by atoms with Gasteiger partial charge >= 0.3 is 11.9 Å². The first-order valence-electron chi connectivity index (χ1n) is 13.4. The zero-order valence-electron chi connectivity index (χ0n) is 23.4. The molecule has 1 heterocycles. The number of benzene rings is 4. The summed E-state index contributed by atoms with van der Waals surface area (Å²) in [5.74, 6) is -2.31. The summed E-state index contributed by atoms with van der Waals surface area (Å²) in [6.45, 7) is -0.500. The lowest BCUT2D eigenvalue weighted by atomic mass is 10.1. The third-order valence-corrected chi connectivity index (χ3v) is 9.42. The average molecular weight is 676 g/mol. The van der Waals surface area contributed by atoms with Crippen molar-refractivity contribution >= 4 is 60.4 Å². The van der Waals surface area contributed by atoms with E-state index >= 15 is 0 Å². The summed E-state index contributed by atoms with van der Waals surface area (Å²) in [5, 5.41) is 20.4. The Morgan fingerprint density at radius 1 is 0.864 bits per heavy atom. The highest BCUT2D eigenvalue weighted by Crippen LogP contribution is 2.33. The van der Waals surface area contributed by atoms with Crippen LogP contribution in [0.4, 0.5) is 11.6 Å². The topological polar surface area (TPSA) is 141 Å². The molecule has 44 heavy (non-hydrogen) atoms. The molecule has 0 saturated heterocycles. The molecule has 0 spiro atoms. The summed E-state index contributed by atoms with van der Waals surface area (Å²) >= 11 is 3.49. The molecule has 0 amide bonds. The van der Waals surface area contributed by atoms with Crippen molar-refractivity contribution in [3.05, 3.63) is 113 Å². The van der Waals surface area contributed by atoms with Crippen molar-refractivity contribution in [2.75, 3.05) is 18.5 Å². The van der Waals surface area contributed by atoms with Crippen LogP contribution >= 0.6 is 15.9 Å². The Morgan fingerprint density at radius 2 is 1.50 bits per heavy atom. The van der Waals surface area contributed by atoms with Gasteiger partial charge in [-0.3, -0.25) is 14.5 Å². The van der Waals surface area contributed by atoms with Crippen LogP contribution in [-0.2, 0) is 26.0 Å². The van der Waals surface area contributed by atoms with Crippen LogP contribution < -0.4 is 4.90 Å². The maximum atomic E-state index is 13.5. The lowest BCUT2D eigenvalue weighted by molar-refractivity contribution is -0.141. The Hall–Kier alpha value is -4.65. The predicted molar refractivity (Wildman–Crippen MR) is 170 cm³/mol. The Kier molecular flexibility index (Phi) is 9.04. The Morgan fingerprint density at radius 3 is 2.11 bits per heavy atom. The van der Waals surface area contributed by atoms with Crippen LogP contribution in [-0.4, -0.2) is 64.5 Å². The number of hydrogen-bond donors (Lipinski definition) is 2. The number of hydrogen-bond acceptors (Lipinski definition) is 7. The van der Waals surface area contributed by atoms with E-state index in [0.29, 0.717) is 22.5 Å². The van der Waals surface area contributed by atoms with E-state index in [9.17, 15) is 28.2 Å². The number of halogens is 1. The summed E-state index contributed by atoms with van der Waals surface area (Å²) in [4.78, 5) is 34.7. The van der Waals surface area contributed by atoms with Crippen molar-refractivity contribution in [3.63, 3.8) is 0 Å². The van der Waals surface area contributed by atoms with Crippen molar-refractivity contribution in [1.29, 1.82) is 0 Å². The van der Waals surface area contributed by atoms with Crippen LogP contribution in [0.2, 0.25) is 0 Å². The van der Waals surface area contributed by atoms with Gasteiger partial charge in [-0.2, -0.15) is 4.31 Å². The summed E-state index contributed by atoms with van der Waals surface area (Å²) in [6.07, 6.45) is -0.0179. The average Bonchev–Trinajstić information content (AvgIpc) is 3.02. The fraction of sp³-hybridized carbons (Fsp3) is 0.125. The molecule has 1 atom stereocenters. The van der Waals surface area contributed by atoms with E-state index in [4.69, 9.17) is 4.98 Å². The van der Waals surface area contributed by atoms with Crippen molar-refractivity contribution in [2.45, 2.75) is 17.4 Å². The van der Waals surface area contributed by atoms with E-state index < -0.39 is 34.5 Å². The van der Waals surface area contributed by atoms with E-state index in [-0.39, 0.29) is 17.3 Å². The highest BCUT2D eigenvalue weighted by Gasteiger charge is 2.33. The van der Waals surface area contributed by atoms with Crippen LogP contribution in [0.15, 0.2) is 112 Å². The van der Waals surface area contributed by atoms with Crippen LogP contribution in [0.3, 0.4) is 0 Å². The fourth-order valence-corrected chi connectivity index (χ4v) is 6.45. The molecule has 0 aliphatic heterocycles. The van der Waals surface area contributed by atoms with Gasteiger partial charge in [0, 0.05) is 28.2 Å². The standard InChI is InChI=1S/C32H27BrN4O6S/c1-36(28(31(40)41)18-21-8-4-2-5-9-21)44(42,43)25-15-13-24(14-16-25)37(20-29(38)39)32-34-27-17-12-23(33)19-26(27)30(35-32)22-10-6-3-7-11-22/h2-17,19,28H,18,20H2,1H3,(H,38,39)(H,40,41)/t28-/m0/s1. The van der Waals surface area contributed by atoms with E-state index in [1.165, 1.54) is 36.2 Å². The molecule has 2 N–H and O–H groups in total. The molecule has 0 fully saturated rings. The number of rotatable bonds is 11. The lowest BCUT2D eigenvalue weighted by Gasteiger charge is -2.25. The highest BCUT2D eigenvalue weighted by atomic mass is 79.9. The van der Waals surface area contributed by atoms with Gasteiger partial charge in [0.05, 0.1) is 16.1 Å². The molecule has 0 aliphatic carbocycles. The number of carbonyl (C=O) groups is 2. The predicted octanol–water partition coefficient (Wildman–Crippen LogP) is 5.60. The summed E-state index contributed by atoms with van der Waals surface area (Å²) < 4.78 is 28.7. The van der Waals surface area contributed by atoms with Gasteiger partial charge in [-0.1, -0.05) is 76.6 Å². The number of likely N-dealkylation sites (N-methyl/N-ethyl adjacent to an activating group) is 1. The van der Waals surface area contributed by atoms with Crippen LogP contribution in [0.1, 0.15) is 5.56 Å². The molecule has 0 radical (unpaired) electrons. The Labute approximate surface area is 262 Å². The summed E-state index contributed by atoms with van der Waals surface area (Å²) in [5.41, 5.74) is 3.01. The first-order valence-corrected chi connectivity index (χ1v) is 15.6. The Balaban J connectivity index is 1.52. The molecule has 5 rings (SSSR count). The second-order valence-electron chi connectivity index (χ2n) is 9.94. The monoisotopic (exact) mass is 674 g/mol. The largest absolute Gasteiger partial charge is 0.480 e. The van der Waals surface area contributed by atoms with Crippen LogP contribution in [0, 0.1) is 0 Å². The molecule has 0 saturated carbocycles. The third-order valence-electron chi connectivity index (χ3n) is 7.05. The molecule has 0 bridgehead atoms. The van der Waals surface area contributed by atoms with Gasteiger partial charge in [0.1, 0.15) is 12.6 Å². The second kappa shape index (κ2) is 12.9. The third kappa shape index (κ3) is 6.62. The molecule has 1 aromatic heterocycles. The minimum Gasteiger partial charge on any atom is -0.480 e. The molecule has 224 valence electrons. The fourth-order valence-electron chi connectivity index (χ4n) is 4.78. The minimum absolute atomic E-state index is 0.0179. The van der Waals surface area contributed by atoms with E-state index in [0.717, 1.165) is 19.7 Å². The van der Waals surface area contributed by atoms with Crippen molar-refractivity contribution in [2.24, 2.45) is 0 Å². The number of fused-ring (bicyclic) bond motifs is 1. The molecular formula is C32H27BrN4O6S. The van der Waals surface area contributed by atoms with E-state index in [1.807, 2.05) is 42.5 Å². The number of nitrogens with zero attached hydrogens (tertiary/aromatic N) is 4. The highest BCUT2D eigenvalue weighted by molar-refractivity contribution is 9.10.